The lowest BCUT2D eigenvalue weighted by molar-refractivity contribution is -0.121. The molecule has 0 saturated carbocycles. The van der Waals surface area contributed by atoms with Gasteiger partial charge >= 0.3 is 6.09 Å². The summed E-state index contributed by atoms with van der Waals surface area (Å²) in [6, 6.07) is 4.71. The normalized spacial score (nSPS) is 23.9. The van der Waals surface area contributed by atoms with E-state index in [0.29, 0.717) is 17.0 Å². The van der Waals surface area contributed by atoms with Crippen molar-refractivity contribution in [3.05, 3.63) is 22.8 Å². The Kier molecular flexibility index (Phi) is 5.52. The second kappa shape index (κ2) is 7.09. The molecule has 0 aliphatic carbocycles. The highest BCUT2D eigenvalue weighted by Gasteiger charge is 2.45. The van der Waals surface area contributed by atoms with Gasteiger partial charge in [0.05, 0.1) is 0 Å². The zero-order valence-corrected chi connectivity index (χ0v) is 16.3. The van der Waals surface area contributed by atoms with Gasteiger partial charge in [0, 0.05) is 6.54 Å². The summed E-state index contributed by atoms with van der Waals surface area (Å²) in [5.74, 6) is 0.446. The van der Waals surface area contributed by atoms with Crippen LogP contribution in [0.4, 0.5) is 10.6 Å². The molecule has 1 fully saturated rings. The summed E-state index contributed by atoms with van der Waals surface area (Å²) < 4.78 is 6.09. The van der Waals surface area contributed by atoms with Crippen LogP contribution >= 0.6 is 15.9 Å². The second-order valence-electron chi connectivity index (χ2n) is 7.25. The molecule has 1 aliphatic rings. The summed E-state index contributed by atoms with van der Waals surface area (Å²) in [4.78, 5) is 31.0. The third-order valence-electron chi connectivity index (χ3n) is 4.08. The Morgan fingerprint density at radius 1 is 1.33 bits per heavy atom. The van der Waals surface area contributed by atoms with E-state index < -0.39 is 17.7 Å². The summed E-state index contributed by atoms with van der Waals surface area (Å²) in [6.07, 6.45) is -0.457. The quantitative estimate of drug-likeness (QED) is 0.772. The third-order valence-corrected chi connectivity index (χ3v) is 4.52. The van der Waals surface area contributed by atoms with E-state index in [1.165, 1.54) is 4.90 Å². The molecule has 0 aromatic carbocycles. The van der Waals surface area contributed by atoms with Crippen LogP contribution in [0, 0.1) is 11.8 Å². The van der Waals surface area contributed by atoms with Crippen LogP contribution in [-0.2, 0) is 9.53 Å². The van der Waals surface area contributed by atoms with Gasteiger partial charge in [0.15, 0.2) is 0 Å². The number of aromatic nitrogens is 1. The van der Waals surface area contributed by atoms with Crippen molar-refractivity contribution in [2.75, 3.05) is 11.9 Å². The maximum absolute atomic E-state index is 12.7. The largest absolute Gasteiger partial charge is 0.444 e. The van der Waals surface area contributed by atoms with Crippen LogP contribution in [0.3, 0.4) is 0 Å². The minimum atomic E-state index is -0.598. The number of nitrogens with zero attached hydrogens (tertiary/aromatic N) is 2. The first-order chi connectivity index (χ1) is 11.1. The van der Waals surface area contributed by atoms with Gasteiger partial charge in [0.25, 0.3) is 0 Å². The summed E-state index contributed by atoms with van der Waals surface area (Å²) in [5.41, 5.74) is -0.598. The van der Waals surface area contributed by atoms with Crippen molar-refractivity contribution in [2.45, 2.75) is 46.3 Å². The molecule has 132 valence electrons. The molecular formula is C17H24BrN3O3. The van der Waals surface area contributed by atoms with Crippen molar-refractivity contribution in [1.82, 2.24) is 9.88 Å². The zero-order valence-electron chi connectivity index (χ0n) is 14.7. The number of hydrogen-bond acceptors (Lipinski definition) is 4. The molecule has 2 heterocycles. The Bertz CT molecular complexity index is 630. The van der Waals surface area contributed by atoms with Gasteiger partial charge in [-0.1, -0.05) is 19.9 Å². The van der Waals surface area contributed by atoms with E-state index in [-0.39, 0.29) is 17.7 Å². The fraction of sp³-hybridized carbons (Fsp3) is 0.588. The van der Waals surface area contributed by atoms with Gasteiger partial charge in [-0.2, -0.15) is 0 Å². The number of rotatable bonds is 2. The number of carbonyl (C=O) groups is 2. The SMILES string of the molecule is C[C@@H]1[C@H](C)CN(C(=O)OC(C)(C)C)[C@@H]1C(=O)Nc1cccc(Br)n1. The lowest BCUT2D eigenvalue weighted by Crippen LogP contribution is -2.47. The number of halogens is 1. The van der Waals surface area contributed by atoms with Crippen molar-refractivity contribution in [3.63, 3.8) is 0 Å². The minimum absolute atomic E-state index is 0.0321. The number of pyridine rings is 1. The van der Waals surface area contributed by atoms with Crippen LogP contribution < -0.4 is 5.32 Å². The molecule has 1 aromatic rings. The number of ether oxygens (including phenoxy) is 1. The molecule has 0 radical (unpaired) electrons. The van der Waals surface area contributed by atoms with E-state index in [2.05, 4.69) is 26.2 Å². The number of amides is 2. The highest BCUT2D eigenvalue weighted by Crippen LogP contribution is 2.31. The van der Waals surface area contributed by atoms with E-state index in [4.69, 9.17) is 4.74 Å². The maximum atomic E-state index is 12.7. The highest BCUT2D eigenvalue weighted by atomic mass is 79.9. The van der Waals surface area contributed by atoms with Crippen molar-refractivity contribution < 1.29 is 14.3 Å². The molecule has 3 atom stereocenters. The molecule has 2 rings (SSSR count). The van der Waals surface area contributed by atoms with Gasteiger partial charge in [-0.15, -0.1) is 0 Å². The summed E-state index contributed by atoms with van der Waals surface area (Å²) >= 11 is 3.28. The smallest absolute Gasteiger partial charge is 0.410 e. The Morgan fingerprint density at radius 3 is 2.58 bits per heavy atom. The Hall–Kier alpha value is -1.63. The Balaban J connectivity index is 2.17. The van der Waals surface area contributed by atoms with E-state index in [0.717, 1.165) is 0 Å². The molecular weight excluding hydrogens is 374 g/mol. The van der Waals surface area contributed by atoms with Crippen LogP contribution in [0.25, 0.3) is 0 Å². The van der Waals surface area contributed by atoms with Crippen LogP contribution in [0.5, 0.6) is 0 Å². The summed E-state index contributed by atoms with van der Waals surface area (Å²) in [6.45, 7) is 9.96. The minimum Gasteiger partial charge on any atom is -0.444 e. The van der Waals surface area contributed by atoms with Crippen molar-refractivity contribution in [3.8, 4) is 0 Å². The molecule has 6 nitrogen and oxygen atoms in total. The van der Waals surface area contributed by atoms with Gasteiger partial charge in [0.2, 0.25) is 5.91 Å². The van der Waals surface area contributed by atoms with Gasteiger partial charge in [0.1, 0.15) is 22.1 Å². The molecule has 1 saturated heterocycles. The van der Waals surface area contributed by atoms with Gasteiger partial charge < -0.3 is 10.1 Å². The van der Waals surface area contributed by atoms with E-state index in [9.17, 15) is 9.59 Å². The van der Waals surface area contributed by atoms with Crippen molar-refractivity contribution in [1.29, 1.82) is 0 Å². The van der Waals surface area contributed by atoms with Gasteiger partial charge in [-0.3, -0.25) is 9.69 Å². The summed E-state index contributed by atoms with van der Waals surface area (Å²) in [7, 11) is 0. The Morgan fingerprint density at radius 2 is 2.00 bits per heavy atom. The molecule has 1 N–H and O–H groups in total. The first-order valence-electron chi connectivity index (χ1n) is 8.01. The third kappa shape index (κ3) is 4.47. The number of anilines is 1. The van der Waals surface area contributed by atoms with Crippen LogP contribution in [-0.4, -0.2) is 40.1 Å². The molecule has 1 aliphatic heterocycles. The number of likely N-dealkylation sites (tertiary alicyclic amines) is 1. The molecule has 0 spiro atoms. The first kappa shape index (κ1) is 18.7. The number of carbonyl (C=O) groups excluding carboxylic acids is 2. The van der Waals surface area contributed by atoms with E-state index in [1.807, 2.05) is 34.6 Å². The lowest BCUT2D eigenvalue weighted by Gasteiger charge is -2.29. The molecule has 0 bridgehead atoms. The van der Waals surface area contributed by atoms with Gasteiger partial charge in [-0.05, 0) is 60.7 Å². The van der Waals surface area contributed by atoms with Crippen LogP contribution in [0.15, 0.2) is 22.8 Å². The van der Waals surface area contributed by atoms with Crippen molar-refractivity contribution in [2.24, 2.45) is 11.8 Å². The monoisotopic (exact) mass is 397 g/mol. The number of nitrogens with one attached hydrogen (secondary N) is 1. The fourth-order valence-corrected chi connectivity index (χ4v) is 3.10. The van der Waals surface area contributed by atoms with E-state index >= 15 is 0 Å². The molecule has 24 heavy (non-hydrogen) atoms. The average Bonchev–Trinajstić information content (AvgIpc) is 2.73. The molecule has 1 aromatic heterocycles. The molecule has 7 heteroatoms. The fourth-order valence-electron chi connectivity index (χ4n) is 2.75. The van der Waals surface area contributed by atoms with Crippen LogP contribution in [0.1, 0.15) is 34.6 Å². The first-order valence-corrected chi connectivity index (χ1v) is 8.81. The number of hydrogen-bond donors (Lipinski definition) is 1. The van der Waals surface area contributed by atoms with E-state index in [1.54, 1.807) is 18.2 Å². The predicted octanol–water partition coefficient (Wildman–Crippen LogP) is 3.67. The average molecular weight is 398 g/mol. The van der Waals surface area contributed by atoms with Crippen molar-refractivity contribution >= 4 is 33.7 Å². The molecule has 0 unspecified atom stereocenters. The maximum Gasteiger partial charge on any atom is 0.410 e. The standard InChI is InChI=1S/C17H24BrN3O3/c1-10-9-21(16(23)24-17(3,4)5)14(11(10)2)15(22)20-13-8-6-7-12(18)19-13/h6-8,10-11,14H,9H2,1-5H3,(H,19,20,22)/t10-,11-,14+/m1/s1. The Labute approximate surface area is 151 Å². The highest BCUT2D eigenvalue weighted by molar-refractivity contribution is 9.10. The molecule has 2 amide bonds. The van der Waals surface area contributed by atoms with Gasteiger partial charge in [-0.25, -0.2) is 9.78 Å². The zero-order chi connectivity index (χ0) is 18.1. The topological polar surface area (TPSA) is 71.5 Å². The lowest BCUT2D eigenvalue weighted by atomic mass is 9.93. The predicted molar refractivity (Wildman–Crippen MR) is 95.6 cm³/mol. The van der Waals surface area contributed by atoms with Crippen LogP contribution in [0.2, 0.25) is 0 Å². The summed E-state index contributed by atoms with van der Waals surface area (Å²) in [5, 5.41) is 2.79. The second-order valence-corrected chi connectivity index (χ2v) is 8.06.